The highest BCUT2D eigenvalue weighted by atomic mass is 14.9. The van der Waals surface area contributed by atoms with Crippen LogP contribution in [0.25, 0.3) is 22.4 Å². The van der Waals surface area contributed by atoms with Crippen molar-refractivity contribution in [3.05, 3.63) is 59.9 Å². The topological polar surface area (TPSA) is 4.41 Å². The van der Waals surface area contributed by atoms with Crippen LogP contribution in [0.3, 0.4) is 0 Å². The molecular formula is C15H11N. The van der Waals surface area contributed by atoms with Gasteiger partial charge in [0.1, 0.15) is 0 Å². The van der Waals surface area contributed by atoms with E-state index >= 15 is 0 Å². The highest BCUT2D eigenvalue weighted by Crippen LogP contribution is 2.30. The third-order valence-corrected chi connectivity index (χ3v) is 3.42. The van der Waals surface area contributed by atoms with Crippen LogP contribution in [0.15, 0.2) is 48.8 Å². The molecule has 0 aliphatic heterocycles. The zero-order chi connectivity index (χ0) is 10.5. The zero-order valence-electron chi connectivity index (χ0n) is 8.85. The second kappa shape index (κ2) is 2.76. The number of hydrogen-bond donors (Lipinski definition) is 0. The van der Waals surface area contributed by atoms with Gasteiger partial charge in [-0.3, -0.25) is 0 Å². The maximum Gasteiger partial charge on any atom is 0.0563 e. The molecule has 0 radical (unpaired) electrons. The van der Waals surface area contributed by atoms with Crippen molar-refractivity contribution in [1.82, 2.24) is 4.40 Å². The van der Waals surface area contributed by atoms with Gasteiger partial charge in [-0.05, 0) is 34.4 Å². The van der Waals surface area contributed by atoms with E-state index in [4.69, 9.17) is 0 Å². The van der Waals surface area contributed by atoms with Crippen molar-refractivity contribution < 1.29 is 0 Å². The van der Waals surface area contributed by atoms with Crippen molar-refractivity contribution in [3.8, 4) is 0 Å². The molecule has 0 spiro atoms. The lowest BCUT2D eigenvalue weighted by Crippen LogP contribution is -1.96. The van der Waals surface area contributed by atoms with Crippen LogP contribution in [0, 0.1) is 0 Å². The number of benzene rings is 1. The summed E-state index contributed by atoms with van der Waals surface area (Å²) in [7, 11) is 0. The molecule has 2 heterocycles. The summed E-state index contributed by atoms with van der Waals surface area (Å²) in [4.78, 5) is 0. The Labute approximate surface area is 93.6 Å². The highest BCUT2D eigenvalue weighted by Gasteiger charge is 2.12. The number of aromatic nitrogens is 1. The van der Waals surface area contributed by atoms with Crippen molar-refractivity contribution in [2.45, 2.75) is 6.42 Å². The standard InChI is InChI=1S/C15H11N/c1-2-6-13-12(4-1)10-16-9-8-11-5-3-7-14(13)15(11)16/h1-6,8-10H,7H2. The largest absolute Gasteiger partial charge is 0.322 e. The molecule has 1 nitrogen and oxygen atoms in total. The van der Waals surface area contributed by atoms with Crippen LogP contribution in [0.5, 0.6) is 0 Å². The molecule has 0 saturated carbocycles. The minimum absolute atomic E-state index is 1.04. The van der Waals surface area contributed by atoms with E-state index in [-0.39, 0.29) is 0 Å². The number of hydrogen-bond acceptors (Lipinski definition) is 0. The van der Waals surface area contributed by atoms with Crippen LogP contribution in [-0.4, -0.2) is 4.40 Å². The molecule has 0 fully saturated rings. The summed E-state index contributed by atoms with van der Waals surface area (Å²) >= 11 is 0. The number of fused-ring (bicyclic) bond motifs is 2. The van der Waals surface area contributed by atoms with Crippen molar-refractivity contribution in [3.63, 3.8) is 0 Å². The maximum absolute atomic E-state index is 2.25. The van der Waals surface area contributed by atoms with Crippen molar-refractivity contribution in [2.75, 3.05) is 0 Å². The Morgan fingerprint density at radius 3 is 3.00 bits per heavy atom. The first-order valence-electron chi connectivity index (χ1n) is 5.61. The van der Waals surface area contributed by atoms with E-state index in [1.807, 2.05) is 0 Å². The third-order valence-electron chi connectivity index (χ3n) is 3.42. The van der Waals surface area contributed by atoms with Crippen LogP contribution in [0.2, 0.25) is 0 Å². The Morgan fingerprint density at radius 2 is 2.00 bits per heavy atom. The van der Waals surface area contributed by atoms with Gasteiger partial charge in [-0.2, -0.15) is 0 Å². The zero-order valence-corrected chi connectivity index (χ0v) is 8.85. The number of allylic oxidation sites excluding steroid dienone is 1. The molecule has 1 aromatic carbocycles. The van der Waals surface area contributed by atoms with Gasteiger partial charge in [-0.15, -0.1) is 0 Å². The first-order valence-corrected chi connectivity index (χ1v) is 5.61. The van der Waals surface area contributed by atoms with Gasteiger partial charge in [-0.25, -0.2) is 0 Å². The summed E-state index contributed by atoms with van der Waals surface area (Å²) in [5, 5.41) is 2.71. The molecule has 0 saturated heterocycles. The molecule has 16 heavy (non-hydrogen) atoms. The average molecular weight is 205 g/mol. The van der Waals surface area contributed by atoms with E-state index < -0.39 is 0 Å². The van der Waals surface area contributed by atoms with E-state index in [9.17, 15) is 0 Å². The van der Waals surface area contributed by atoms with Crippen molar-refractivity contribution in [2.24, 2.45) is 0 Å². The van der Waals surface area contributed by atoms with E-state index in [0.717, 1.165) is 6.42 Å². The fourth-order valence-corrected chi connectivity index (χ4v) is 2.71. The van der Waals surface area contributed by atoms with Crippen LogP contribution < -0.4 is 0 Å². The van der Waals surface area contributed by atoms with E-state index in [1.165, 1.54) is 27.4 Å². The fraction of sp³-hybridized carbons (Fsp3) is 0.0667. The highest BCUT2D eigenvalue weighted by molar-refractivity contribution is 5.94. The van der Waals surface area contributed by atoms with Gasteiger partial charge in [-0.1, -0.05) is 36.4 Å². The van der Waals surface area contributed by atoms with Crippen molar-refractivity contribution in [1.29, 1.82) is 0 Å². The minimum Gasteiger partial charge on any atom is -0.322 e. The van der Waals surface area contributed by atoms with Crippen LogP contribution >= 0.6 is 0 Å². The Hall–Kier alpha value is -2.02. The predicted molar refractivity (Wildman–Crippen MR) is 67.6 cm³/mol. The second-order valence-corrected chi connectivity index (χ2v) is 4.33. The number of pyridine rings is 1. The molecule has 3 aromatic rings. The molecular weight excluding hydrogens is 194 g/mol. The molecule has 0 atom stereocenters. The molecule has 0 bridgehead atoms. The lowest BCUT2D eigenvalue weighted by atomic mass is 9.97. The van der Waals surface area contributed by atoms with E-state index in [0.29, 0.717) is 0 Å². The first kappa shape index (κ1) is 8.17. The molecule has 2 aromatic heterocycles. The summed E-state index contributed by atoms with van der Waals surface area (Å²) in [6, 6.07) is 10.8. The van der Waals surface area contributed by atoms with Crippen LogP contribution in [0.1, 0.15) is 11.1 Å². The molecule has 0 amide bonds. The number of rotatable bonds is 0. The summed E-state index contributed by atoms with van der Waals surface area (Å²) in [5.41, 5.74) is 4.17. The molecule has 76 valence electrons. The Balaban J connectivity index is 2.33. The number of nitrogens with zero attached hydrogens (tertiary/aromatic N) is 1. The van der Waals surface area contributed by atoms with E-state index in [2.05, 4.69) is 59.3 Å². The molecule has 0 unspecified atom stereocenters. The summed E-state index contributed by atoms with van der Waals surface area (Å²) in [6.45, 7) is 0. The smallest absolute Gasteiger partial charge is 0.0563 e. The Morgan fingerprint density at radius 1 is 1.06 bits per heavy atom. The van der Waals surface area contributed by atoms with Gasteiger partial charge in [0.15, 0.2) is 0 Å². The van der Waals surface area contributed by atoms with Crippen molar-refractivity contribution >= 4 is 22.4 Å². The average Bonchev–Trinajstić information content (AvgIpc) is 2.75. The first-order chi connectivity index (χ1) is 7.93. The summed E-state index contributed by atoms with van der Waals surface area (Å²) < 4.78 is 2.25. The summed E-state index contributed by atoms with van der Waals surface area (Å²) in [6.07, 6.45) is 9.89. The molecule has 4 rings (SSSR count). The second-order valence-electron chi connectivity index (χ2n) is 4.33. The fourth-order valence-electron chi connectivity index (χ4n) is 2.71. The van der Waals surface area contributed by atoms with Gasteiger partial charge >= 0.3 is 0 Å². The van der Waals surface area contributed by atoms with Gasteiger partial charge < -0.3 is 4.40 Å². The minimum atomic E-state index is 1.04. The maximum atomic E-state index is 2.25. The predicted octanol–water partition coefficient (Wildman–Crippen LogP) is 3.66. The van der Waals surface area contributed by atoms with Gasteiger partial charge in [0, 0.05) is 12.4 Å². The third kappa shape index (κ3) is 0.904. The van der Waals surface area contributed by atoms with Gasteiger partial charge in [0.05, 0.1) is 5.52 Å². The van der Waals surface area contributed by atoms with E-state index in [1.54, 1.807) is 0 Å². The molecule has 1 aliphatic carbocycles. The summed E-state index contributed by atoms with van der Waals surface area (Å²) in [5.74, 6) is 0. The quantitative estimate of drug-likeness (QED) is 0.527. The Bertz CT molecular complexity index is 732. The normalized spacial score (nSPS) is 13.8. The van der Waals surface area contributed by atoms with Crippen LogP contribution in [0.4, 0.5) is 0 Å². The van der Waals surface area contributed by atoms with Crippen LogP contribution in [-0.2, 0) is 6.42 Å². The Kier molecular flexibility index (Phi) is 1.41. The molecule has 1 heteroatoms. The molecule has 1 aliphatic rings. The molecule has 0 N–H and O–H groups in total. The lowest BCUT2D eigenvalue weighted by Gasteiger charge is -2.12. The SMILES string of the molecule is C1=Cc2ccn3cc4ccccc4c(c23)C1. The monoisotopic (exact) mass is 205 g/mol. The van der Waals surface area contributed by atoms with Gasteiger partial charge in [0.25, 0.3) is 0 Å². The lowest BCUT2D eigenvalue weighted by molar-refractivity contribution is 1.17. The van der Waals surface area contributed by atoms with Gasteiger partial charge in [0.2, 0.25) is 0 Å².